The molecule has 0 bridgehead atoms. The van der Waals surface area contributed by atoms with Gasteiger partial charge in [0.05, 0.1) is 16.9 Å². The molecule has 11 heteroatoms. The topological polar surface area (TPSA) is 163 Å². The van der Waals surface area contributed by atoms with E-state index in [9.17, 15) is 34.2 Å². The summed E-state index contributed by atoms with van der Waals surface area (Å²) in [6.45, 7) is 10.1. The van der Waals surface area contributed by atoms with Crippen LogP contribution in [0.5, 0.6) is 0 Å². The molecule has 0 aromatic heterocycles. The Morgan fingerprint density at radius 3 is 2.07 bits per heavy atom. The minimum atomic E-state index is -2.32. The van der Waals surface area contributed by atoms with Crippen LogP contribution in [0.4, 0.5) is 0 Å². The molecule has 240 valence electrons. The van der Waals surface area contributed by atoms with Crippen molar-refractivity contribution in [3.8, 4) is 0 Å². The van der Waals surface area contributed by atoms with Gasteiger partial charge < -0.3 is 29.2 Å². The summed E-state index contributed by atoms with van der Waals surface area (Å²) in [5.74, 6) is -7.33. The summed E-state index contributed by atoms with van der Waals surface area (Å²) >= 11 is 0. The second-order valence-corrected chi connectivity index (χ2v) is 14.0. The van der Waals surface area contributed by atoms with Crippen LogP contribution in [0.2, 0.25) is 0 Å². The predicted octanol–water partition coefficient (Wildman–Crippen LogP) is 2.64. The molecule has 2 N–H and O–H groups in total. The zero-order chi connectivity index (χ0) is 32.6. The second-order valence-electron chi connectivity index (χ2n) is 14.0. The Hall–Kier alpha value is -3.31. The minimum absolute atomic E-state index is 0.108. The third-order valence-electron chi connectivity index (χ3n) is 10.9. The van der Waals surface area contributed by atoms with Crippen LogP contribution < -0.4 is 0 Å². The van der Waals surface area contributed by atoms with E-state index >= 15 is 0 Å². The van der Waals surface area contributed by atoms with Crippen molar-refractivity contribution >= 4 is 29.7 Å². The Morgan fingerprint density at radius 2 is 1.50 bits per heavy atom. The largest absolute Gasteiger partial charge is 0.465 e. The Bertz CT molecular complexity index is 1370. The molecular weight excluding hydrogens is 572 g/mol. The number of esters is 4. The molecule has 4 saturated carbocycles. The summed E-state index contributed by atoms with van der Waals surface area (Å²) in [5, 5.41) is 24.9. The molecule has 0 radical (unpaired) electrons. The van der Waals surface area contributed by atoms with Gasteiger partial charge in [-0.2, -0.15) is 0 Å². The van der Waals surface area contributed by atoms with Crippen LogP contribution in [0.15, 0.2) is 30.3 Å². The van der Waals surface area contributed by atoms with Gasteiger partial charge >= 0.3 is 23.9 Å². The summed E-state index contributed by atoms with van der Waals surface area (Å²) in [6.07, 6.45) is -3.70. The lowest BCUT2D eigenvalue weighted by Gasteiger charge is -2.54. The Kier molecular flexibility index (Phi) is 7.77. The molecule has 0 amide bonds. The van der Waals surface area contributed by atoms with Gasteiger partial charge in [0.25, 0.3) is 0 Å². The molecule has 1 aromatic carbocycles. The highest BCUT2D eigenvalue weighted by atomic mass is 16.6. The molecule has 11 nitrogen and oxygen atoms in total. The number of hydrogen-bond acceptors (Lipinski definition) is 11. The maximum atomic E-state index is 14.6. The van der Waals surface area contributed by atoms with E-state index in [4.69, 9.17) is 18.9 Å². The number of rotatable bonds is 6. The number of aliphatic hydroxyl groups is 2. The van der Waals surface area contributed by atoms with Gasteiger partial charge in [-0.3, -0.25) is 19.2 Å². The van der Waals surface area contributed by atoms with Gasteiger partial charge in [0.2, 0.25) is 0 Å². The summed E-state index contributed by atoms with van der Waals surface area (Å²) in [5.41, 5.74) is -6.60. The van der Waals surface area contributed by atoms with Crippen molar-refractivity contribution in [1.29, 1.82) is 0 Å². The Labute approximate surface area is 256 Å². The molecule has 4 fully saturated rings. The van der Waals surface area contributed by atoms with E-state index in [1.807, 2.05) is 13.8 Å². The number of hydrogen-bond donors (Lipinski definition) is 2. The van der Waals surface area contributed by atoms with Crippen LogP contribution in [-0.2, 0) is 38.1 Å². The number of fused-ring (bicyclic) bond motifs is 4. The lowest BCUT2D eigenvalue weighted by Crippen LogP contribution is -2.65. The van der Waals surface area contributed by atoms with E-state index < -0.39 is 94.4 Å². The van der Waals surface area contributed by atoms with Crippen molar-refractivity contribution in [1.82, 2.24) is 0 Å². The highest BCUT2D eigenvalue weighted by Crippen LogP contribution is 2.75. The van der Waals surface area contributed by atoms with Gasteiger partial charge in [0.15, 0.2) is 5.78 Å². The predicted molar refractivity (Wildman–Crippen MR) is 153 cm³/mol. The van der Waals surface area contributed by atoms with Crippen LogP contribution in [0.1, 0.15) is 71.7 Å². The fourth-order valence-electron chi connectivity index (χ4n) is 9.24. The fourth-order valence-corrected chi connectivity index (χ4v) is 9.24. The summed E-state index contributed by atoms with van der Waals surface area (Å²) in [6, 6.07) is 8.08. The van der Waals surface area contributed by atoms with E-state index in [1.165, 1.54) is 39.8 Å². The molecule has 4 aliphatic rings. The monoisotopic (exact) mass is 614 g/mol. The minimum Gasteiger partial charge on any atom is -0.465 e. The average Bonchev–Trinajstić information content (AvgIpc) is 3.37. The number of carbonyl (C=O) groups is 5. The van der Waals surface area contributed by atoms with E-state index in [2.05, 4.69) is 0 Å². The van der Waals surface area contributed by atoms with Gasteiger partial charge in [-0.1, -0.05) is 39.0 Å². The van der Waals surface area contributed by atoms with Gasteiger partial charge in [-0.25, -0.2) is 4.79 Å². The molecule has 0 saturated heterocycles. The molecule has 0 aliphatic heterocycles. The number of carbonyl (C=O) groups excluding carboxylic acids is 5. The fraction of sp³-hybridized carbons (Fsp3) is 0.667. The quantitative estimate of drug-likeness (QED) is 0.358. The summed E-state index contributed by atoms with van der Waals surface area (Å²) < 4.78 is 23.8. The van der Waals surface area contributed by atoms with E-state index in [-0.39, 0.29) is 30.2 Å². The summed E-state index contributed by atoms with van der Waals surface area (Å²) in [7, 11) is 0. The summed E-state index contributed by atoms with van der Waals surface area (Å²) in [4.78, 5) is 66.0. The zero-order valence-electron chi connectivity index (χ0n) is 26.2. The SMILES string of the molecule is CC(=O)OC[C@]12[C@@H](OC(C)=O)C[C@@H]3[C@H]([C@@H]1[C@@](C)(O)C(=O)[C@]1(O)C[C@@H](C)[C@@H](OC(C)=O)[C@H]1[C@@H]2OC(=O)c1ccccc1)C3(C)C. The number of benzene rings is 1. The Morgan fingerprint density at radius 1 is 0.886 bits per heavy atom. The zero-order valence-corrected chi connectivity index (χ0v) is 26.2. The Balaban J connectivity index is 1.84. The molecule has 0 unspecified atom stereocenters. The highest BCUT2D eigenvalue weighted by molar-refractivity contribution is 5.96. The number of ether oxygens (including phenoxy) is 4. The molecule has 11 atom stereocenters. The third-order valence-corrected chi connectivity index (χ3v) is 10.9. The number of ketones is 1. The molecule has 4 aliphatic carbocycles. The van der Waals surface area contributed by atoms with E-state index in [0.29, 0.717) is 0 Å². The first-order valence-corrected chi connectivity index (χ1v) is 15.1. The van der Waals surface area contributed by atoms with Crippen molar-refractivity contribution in [2.24, 2.45) is 40.4 Å². The number of Topliss-reactive ketones (excluding diaryl/α,β-unsaturated/α-hetero) is 1. The van der Waals surface area contributed by atoms with Crippen LogP contribution in [0.25, 0.3) is 0 Å². The maximum Gasteiger partial charge on any atom is 0.338 e. The third kappa shape index (κ3) is 4.74. The van der Waals surface area contributed by atoms with Gasteiger partial charge in [-0.05, 0) is 55.1 Å². The van der Waals surface area contributed by atoms with Gasteiger partial charge in [-0.15, -0.1) is 0 Å². The first kappa shape index (κ1) is 32.1. The second kappa shape index (κ2) is 10.7. The molecule has 0 spiro atoms. The van der Waals surface area contributed by atoms with Crippen molar-refractivity contribution in [2.45, 2.75) is 90.8 Å². The molecule has 5 rings (SSSR count). The van der Waals surface area contributed by atoms with Crippen molar-refractivity contribution in [2.75, 3.05) is 6.61 Å². The van der Waals surface area contributed by atoms with Crippen LogP contribution in [0, 0.1) is 40.4 Å². The highest BCUT2D eigenvalue weighted by Gasteiger charge is 2.83. The van der Waals surface area contributed by atoms with E-state index in [0.717, 1.165) is 0 Å². The smallest absolute Gasteiger partial charge is 0.338 e. The van der Waals surface area contributed by atoms with Crippen molar-refractivity contribution in [3.05, 3.63) is 35.9 Å². The molecule has 0 heterocycles. The van der Waals surface area contributed by atoms with Crippen LogP contribution in [0.3, 0.4) is 0 Å². The molecule has 44 heavy (non-hydrogen) atoms. The van der Waals surface area contributed by atoms with Crippen LogP contribution in [-0.4, -0.2) is 76.0 Å². The standard InChI is InChI=1S/C33H42O11/c1-16-14-33(40)24(25(16)43-19(4)36)27(44-28(37)20-11-9-8-10-12-20)32(15-41-17(2)34)22(42-18(3)35)13-21-23(30(21,5)6)26(32)31(7,39)29(33)38/h8-12,16,21-27,39-40H,13-15H2,1-7H3/t16-,21-,22+,23-,24+,25-,26-,27+,31-,32+,33+/m1/s1. The molecule has 1 aromatic rings. The van der Waals surface area contributed by atoms with Crippen LogP contribution >= 0.6 is 0 Å². The lowest BCUT2D eigenvalue weighted by atomic mass is 9.55. The first-order valence-electron chi connectivity index (χ1n) is 15.1. The van der Waals surface area contributed by atoms with Crippen molar-refractivity contribution < 1.29 is 53.1 Å². The normalized spacial score (nSPS) is 41.6. The molecular formula is C33H42O11. The average molecular weight is 615 g/mol. The first-order chi connectivity index (χ1) is 20.4. The maximum absolute atomic E-state index is 14.6. The van der Waals surface area contributed by atoms with Gasteiger partial charge in [0, 0.05) is 26.7 Å². The lowest BCUT2D eigenvalue weighted by molar-refractivity contribution is -0.227. The van der Waals surface area contributed by atoms with Gasteiger partial charge in [0.1, 0.15) is 36.1 Å². The van der Waals surface area contributed by atoms with E-state index in [1.54, 1.807) is 25.1 Å². The van der Waals surface area contributed by atoms with Crippen molar-refractivity contribution in [3.63, 3.8) is 0 Å².